The first kappa shape index (κ1) is 6.67. The molecule has 0 amide bonds. The molecule has 2 rings (SSSR count). The van der Waals surface area contributed by atoms with Gasteiger partial charge in [0.05, 0.1) is 0 Å². The highest BCUT2D eigenvalue weighted by Gasteiger charge is 2.25. The molecule has 0 saturated carbocycles. The number of aromatic nitrogens is 2. The van der Waals surface area contributed by atoms with Crippen molar-refractivity contribution in [3.63, 3.8) is 0 Å². The zero-order valence-corrected chi connectivity index (χ0v) is 6.18. The number of nitrogens with two attached hydrogens (primary N) is 1. The van der Waals surface area contributed by atoms with Crippen LogP contribution in [0.15, 0.2) is 4.79 Å². The van der Waals surface area contributed by atoms with Crippen LogP contribution in [-0.2, 0) is 6.42 Å². The van der Waals surface area contributed by atoms with Crippen molar-refractivity contribution in [3.05, 3.63) is 21.6 Å². The third-order valence-electron chi connectivity index (χ3n) is 2.33. The molecule has 0 aliphatic heterocycles. The minimum atomic E-state index is 0.00736. The molecule has 1 atom stereocenters. The topological polar surface area (TPSA) is 74.7 Å². The predicted octanol–water partition coefficient (Wildman–Crippen LogP) is -0.309. The van der Waals surface area contributed by atoms with E-state index < -0.39 is 0 Å². The molecule has 4 N–H and O–H groups in total. The van der Waals surface area contributed by atoms with Gasteiger partial charge in [-0.25, -0.2) is 0 Å². The molecular weight excluding hydrogens is 142 g/mol. The van der Waals surface area contributed by atoms with Gasteiger partial charge in [-0.15, -0.1) is 0 Å². The Morgan fingerprint density at radius 1 is 1.55 bits per heavy atom. The molecule has 0 saturated heterocycles. The fourth-order valence-corrected chi connectivity index (χ4v) is 1.73. The van der Waals surface area contributed by atoms with Crippen molar-refractivity contribution in [1.82, 2.24) is 10.2 Å². The molecule has 1 aromatic heterocycles. The minimum absolute atomic E-state index is 0.00736. The summed E-state index contributed by atoms with van der Waals surface area (Å²) in [4.78, 5) is 11.1. The lowest BCUT2D eigenvalue weighted by molar-refractivity contribution is 0.676. The first-order valence-electron chi connectivity index (χ1n) is 3.82. The molecule has 11 heavy (non-hydrogen) atoms. The van der Waals surface area contributed by atoms with Crippen molar-refractivity contribution in [3.8, 4) is 0 Å². The Morgan fingerprint density at radius 3 is 3.09 bits per heavy atom. The van der Waals surface area contributed by atoms with Gasteiger partial charge in [-0.05, 0) is 19.4 Å². The Kier molecular flexibility index (Phi) is 1.35. The average molecular weight is 153 g/mol. The Balaban J connectivity index is 2.51. The molecule has 1 aliphatic rings. The molecule has 0 bridgehead atoms. The van der Waals surface area contributed by atoms with Crippen molar-refractivity contribution in [2.75, 3.05) is 6.54 Å². The van der Waals surface area contributed by atoms with Gasteiger partial charge < -0.3 is 10.8 Å². The molecular formula is C7H11N3O. The first-order valence-corrected chi connectivity index (χ1v) is 3.82. The maximum Gasteiger partial charge on any atom is 0.267 e. The van der Waals surface area contributed by atoms with Gasteiger partial charge in [0.1, 0.15) is 0 Å². The summed E-state index contributed by atoms with van der Waals surface area (Å²) < 4.78 is 0. The first-order chi connectivity index (χ1) is 5.33. The second kappa shape index (κ2) is 2.23. The van der Waals surface area contributed by atoms with Crippen LogP contribution in [0.4, 0.5) is 0 Å². The molecule has 1 unspecified atom stereocenters. The highest BCUT2D eigenvalue weighted by molar-refractivity contribution is 5.27. The highest BCUT2D eigenvalue weighted by atomic mass is 16.1. The second-order valence-corrected chi connectivity index (χ2v) is 2.94. The monoisotopic (exact) mass is 153 g/mol. The van der Waals surface area contributed by atoms with E-state index in [9.17, 15) is 4.79 Å². The van der Waals surface area contributed by atoms with Crippen LogP contribution in [-0.4, -0.2) is 16.7 Å². The van der Waals surface area contributed by atoms with E-state index in [1.807, 2.05) is 0 Å². The van der Waals surface area contributed by atoms with Crippen LogP contribution in [0.2, 0.25) is 0 Å². The Hall–Kier alpha value is -1.03. The number of H-pyrrole nitrogens is 2. The molecule has 0 radical (unpaired) electrons. The number of hydrogen-bond donors (Lipinski definition) is 3. The van der Waals surface area contributed by atoms with E-state index in [1.54, 1.807) is 0 Å². The fraction of sp³-hybridized carbons (Fsp3) is 0.571. The lowest BCUT2D eigenvalue weighted by Crippen LogP contribution is -2.16. The van der Waals surface area contributed by atoms with Gasteiger partial charge in [0.2, 0.25) is 0 Å². The molecule has 1 aliphatic carbocycles. The molecule has 0 aromatic carbocycles. The summed E-state index contributed by atoms with van der Waals surface area (Å²) in [6.45, 7) is 0.577. The van der Waals surface area contributed by atoms with Gasteiger partial charge in [0.15, 0.2) is 0 Å². The zero-order valence-electron chi connectivity index (χ0n) is 6.18. The molecule has 4 heteroatoms. The molecule has 4 nitrogen and oxygen atoms in total. The minimum Gasteiger partial charge on any atom is -0.330 e. The Morgan fingerprint density at radius 2 is 2.36 bits per heavy atom. The lowest BCUT2D eigenvalue weighted by atomic mass is 10.1. The van der Waals surface area contributed by atoms with E-state index in [1.165, 1.54) is 0 Å². The van der Waals surface area contributed by atoms with Crippen LogP contribution in [0.1, 0.15) is 23.6 Å². The molecule has 60 valence electrons. The van der Waals surface area contributed by atoms with E-state index >= 15 is 0 Å². The van der Waals surface area contributed by atoms with Gasteiger partial charge in [0.25, 0.3) is 5.56 Å². The van der Waals surface area contributed by atoms with Gasteiger partial charge in [-0.2, -0.15) is 0 Å². The standard InChI is InChI=1S/C7H11N3O/c8-3-4-1-2-5-6(4)7(11)10-9-5/h4H,1-3,8H2,(H2,9,10,11). The summed E-state index contributed by atoms with van der Waals surface area (Å²) in [6, 6.07) is 0. The van der Waals surface area contributed by atoms with E-state index in [4.69, 9.17) is 5.73 Å². The Bertz CT molecular complexity index is 312. The smallest absolute Gasteiger partial charge is 0.267 e. The fourth-order valence-electron chi connectivity index (χ4n) is 1.73. The average Bonchev–Trinajstić information content (AvgIpc) is 2.54. The quantitative estimate of drug-likeness (QED) is 0.517. The van der Waals surface area contributed by atoms with Crippen molar-refractivity contribution >= 4 is 0 Å². The van der Waals surface area contributed by atoms with Crippen molar-refractivity contribution < 1.29 is 0 Å². The van der Waals surface area contributed by atoms with Crippen LogP contribution in [0.25, 0.3) is 0 Å². The van der Waals surface area contributed by atoms with Crippen LogP contribution < -0.4 is 11.3 Å². The summed E-state index contributed by atoms with van der Waals surface area (Å²) in [5, 5.41) is 5.42. The van der Waals surface area contributed by atoms with Crippen molar-refractivity contribution in [2.45, 2.75) is 18.8 Å². The van der Waals surface area contributed by atoms with E-state index in [-0.39, 0.29) is 11.5 Å². The number of hydrogen-bond acceptors (Lipinski definition) is 2. The number of aromatic amines is 2. The zero-order chi connectivity index (χ0) is 7.84. The van der Waals surface area contributed by atoms with Crippen molar-refractivity contribution in [2.24, 2.45) is 5.73 Å². The SMILES string of the molecule is NCC1CCc2[nH][nH]c(=O)c21. The number of rotatable bonds is 1. The summed E-state index contributed by atoms with van der Waals surface area (Å²) in [7, 11) is 0. The normalized spacial score (nSPS) is 22.1. The van der Waals surface area contributed by atoms with Gasteiger partial charge >= 0.3 is 0 Å². The Labute approximate surface area is 63.8 Å². The third-order valence-corrected chi connectivity index (χ3v) is 2.33. The molecule has 0 fully saturated rings. The van der Waals surface area contributed by atoms with Crippen LogP contribution in [0.3, 0.4) is 0 Å². The van der Waals surface area contributed by atoms with Gasteiger partial charge in [0, 0.05) is 17.2 Å². The van der Waals surface area contributed by atoms with Gasteiger partial charge in [-0.3, -0.25) is 9.89 Å². The molecule has 1 heterocycles. The number of fused-ring (bicyclic) bond motifs is 1. The van der Waals surface area contributed by atoms with Crippen LogP contribution in [0.5, 0.6) is 0 Å². The number of aryl methyl sites for hydroxylation is 1. The summed E-state index contributed by atoms with van der Waals surface area (Å²) in [5.41, 5.74) is 7.45. The van der Waals surface area contributed by atoms with E-state index in [0.717, 1.165) is 24.1 Å². The van der Waals surface area contributed by atoms with Crippen LogP contribution >= 0.6 is 0 Å². The lowest BCUT2D eigenvalue weighted by Gasteiger charge is -2.01. The maximum absolute atomic E-state index is 11.1. The molecule has 1 aromatic rings. The summed E-state index contributed by atoms with van der Waals surface area (Å²) in [6.07, 6.45) is 1.97. The maximum atomic E-state index is 11.1. The summed E-state index contributed by atoms with van der Waals surface area (Å²) in [5.74, 6) is 0.278. The largest absolute Gasteiger partial charge is 0.330 e. The third kappa shape index (κ3) is 0.826. The summed E-state index contributed by atoms with van der Waals surface area (Å²) >= 11 is 0. The predicted molar refractivity (Wildman–Crippen MR) is 41.5 cm³/mol. The second-order valence-electron chi connectivity index (χ2n) is 2.94. The van der Waals surface area contributed by atoms with Crippen molar-refractivity contribution in [1.29, 1.82) is 0 Å². The number of nitrogens with one attached hydrogen (secondary N) is 2. The molecule has 0 spiro atoms. The van der Waals surface area contributed by atoms with E-state index in [2.05, 4.69) is 10.2 Å². The van der Waals surface area contributed by atoms with E-state index in [0.29, 0.717) is 6.54 Å². The van der Waals surface area contributed by atoms with Crippen LogP contribution in [0, 0.1) is 0 Å². The van der Waals surface area contributed by atoms with Gasteiger partial charge in [-0.1, -0.05) is 0 Å². The highest BCUT2D eigenvalue weighted by Crippen LogP contribution is 2.27.